The third kappa shape index (κ3) is 5.96. The lowest BCUT2D eigenvalue weighted by Gasteiger charge is -2.27. The number of rotatable bonds is 7. The standard InChI is InChI=1S/C20H28N6O2S/c1-15(2)13-21-18(28)22-17(27)14-29-20-24-23-19(25-11-7-4-8-12-25)26(20)16-9-5-3-6-10-16/h3,5-6,9-10,15H,4,7-8,11-14H2,1-2H3,(H2,21,22,27,28). The van der Waals surface area contributed by atoms with Crippen molar-refractivity contribution in [1.29, 1.82) is 0 Å². The molecule has 0 atom stereocenters. The Morgan fingerprint density at radius 2 is 1.83 bits per heavy atom. The van der Waals surface area contributed by atoms with Crippen molar-refractivity contribution >= 4 is 29.6 Å². The second-order valence-corrected chi connectivity index (χ2v) is 8.38. The Bertz CT molecular complexity index is 818. The Hall–Kier alpha value is -2.55. The predicted molar refractivity (Wildman–Crippen MR) is 115 cm³/mol. The number of carbonyl (C=O) groups is 2. The molecule has 0 spiro atoms. The summed E-state index contributed by atoms with van der Waals surface area (Å²) in [7, 11) is 0. The molecule has 0 saturated carbocycles. The van der Waals surface area contributed by atoms with Crippen molar-refractivity contribution in [3.05, 3.63) is 30.3 Å². The molecule has 8 nitrogen and oxygen atoms in total. The molecule has 0 bridgehead atoms. The molecule has 0 radical (unpaired) electrons. The molecule has 1 aliphatic rings. The Morgan fingerprint density at radius 1 is 1.10 bits per heavy atom. The third-order valence-electron chi connectivity index (χ3n) is 4.53. The lowest BCUT2D eigenvalue weighted by molar-refractivity contribution is -0.117. The fourth-order valence-corrected chi connectivity index (χ4v) is 3.84. The minimum atomic E-state index is -0.470. The number of hydrogen-bond donors (Lipinski definition) is 2. The van der Waals surface area contributed by atoms with Crippen molar-refractivity contribution in [2.24, 2.45) is 5.92 Å². The molecule has 3 amide bonds. The molecular formula is C20H28N6O2S. The summed E-state index contributed by atoms with van der Waals surface area (Å²) in [5.74, 6) is 0.842. The van der Waals surface area contributed by atoms with Crippen molar-refractivity contribution in [2.75, 3.05) is 30.3 Å². The smallest absolute Gasteiger partial charge is 0.321 e. The van der Waals surface area contributed by atoms with E-state index in [4.69, 9.17) is 0 Å². The van der Waals surface area contributed by atoms with Gasteiger partial charge in [-0.3, -0.25) is 14.7 Å². The molecule has 1 saturated heterocycles. The number of anilines is 1. The van der Waals surface area contributed by atoms with Crippen LogP contribution in [-0.4, -0.2) is 52.1 Å². The summed E-state index contributed by atoms with van der Waals surface area (Å²) in [6, 6.07) is 9.43. The van der Waals surface area contributed by atoms with E-state index < -0.39 is 6.03 Å². The largest absolute Gasteiger partial charge is 0.341 e. The topological polar surface area (TPSA) is 92.2 Å². The van der Waals surface area contributed by atoms with Crippen LogP contribution < -0.4 is 15.5 Å². The fourth-order valence-electron chi connectivity index (χ4n) is 3.09. The van der Waals surface area contributed by atoms with Gasteiger partial charge in [0.15, 0.2) is 5.16 Å². The first-order valence-corrected chi connectivity index (χ1v) is 11.0. The van der Waals surface area contributed by atoms with Gasteiger partial charge in [0.25, 0.3) is 0 Å². The van der Waals surface area contributed by atoms with Gasteiger partial charge >= 0.3 is 6.03 Å². The maximum absolute atomic E-state index is 12.2. The molecule has 1 aliphatic heterocycles. The van der Waals surface area contributed by atoms with Crippen LogP contribution in [0.2, 0.25) is 0 Å². The van der Waals surface area contributed by atoms with Crippen LogP contribution in [0, 0.1) is 5.92 Å². The number of carbonyl (C=O) groups excluding carboxylic acids is 2. The molecule has 1 aromatic carbocycles. The van der Waals surface area contributed by atoms with Crippen LogP contribution in [0.15, 0.2) is 35.5 Å². The van der Waals surface area contributed by atoms with Crippen LogP contribution in [0.3, 0.4) is 0 Å². The van der Waals surface area contributed by atoms with Crippen LogP contribution in [0.1, 0.15) is 33.1 Å². The van der Waals surface area contributed by atoms with Crippen LogP contribution in [0.5, 0.6) is 0 Å². The highest BCUT2D eigenvalue weighted by Crippen LogP contribution is 2.28. The maximum Gasteiger partial charge on any atom is 0.321 e. The summed E-state index contributed by atoms with van der Waals surface area (Å²) in [6.45, 7) is 6.41. The summed E-state index contributed by atoms with van der Waals surface area (Å²) in [4.78, 5) is 26.2. The van der Waals surface area contributed by atoms with Crippen molar-refractivity contribution < 1.29 is 9.59 Å². The number of para-hydroxylation sites is 1. The molecule has 9 heteroatoms. The predicted octanol–water partition coefficient (Wildman–Crippen LogP) is 2.83. The summed E-state index contributed by atoms with van der Waals surface area (Å²) < 4.78 is 1.99. The first-order chi connectivity index (χ1) is 14.0. The monoisotopic (exact) mass is 416 g/mol. The number of thioether (sulfide) groups is 1. The van der Waals surface area contributed by atoms with E-state index in [1.165, 1.54) is 18.2 Å². The van der Waals surface area contributed by atoms with E-state index in [1.54, 1.807) is 0 Å². The molecule has 1 fully saturated rings. The lowest BCUT2D eigenvalue weighted by Crippen LogP contribution is -2.41. The molecule has 3 rings (SSSR count). The van der Waals surface area contributed by atoms with Crippen molar-refractivity contribution in [3.63, 3.8) is 0 Å². The SMILES string of the molecule is CC(C)CNC(=O)NC(=O)CSc1nnc(N2CCCCC2)n1-c1ccccc1. The normalized spacial score (nSPS) is 14.1. The second kappa shape index (κ2) is 10.3. The van der Waals surface area contributed by atoms with Gasteiger partial charge in [-0.15, -0.1) is 10.2 Å². The highest BCUT2D eigenvalue weighted by molar-refractivity contribution is 7.99. The van der Waals surface area contributed by atoms with Gasteiger partial charge in [-0.2, -0.15) is 0 Å². The van der Waals surface area contributed by atoms with Gasteiger partial charge < -0.3 is 10.2 Å². The van der Waals surface area contributed by atoms with Crippen LogP contribution in [-0.2, 0) is 4.79 Å². The number of nitrogens with zero attached hydrogens (tertiary/aromatic N) is 4. The van der Waals surface area contributed by atoms with Gasteiger partial charge in [0.1, 0.15) is 0 Å². The molecule has 156 valence electrons. The van der Waals surface area contributed by atoms with E-state index in [2.05, 4.69) is 25.7 Å². The Balaban J connectivity index is 1.69. The molecule has 2 N–H and O–H groups in total. The van der Waals surface area contributed by atoms with Gasteiger partial charge in [0.2, 0.25) is 11.9 Å². The fraction of sp³-hybridized carbons (Fsp3) is 0.500. The summed E-state index contributed by atoms with van der Waals surface area (Å²) in [6.07, 6.45) is 3.51. The number of aromatic nitrogens is 3. The molecule has 2 aromatic rings. The first kappa shape index (κ1) is 21.2. The Morgan fingerprint density at radius 3 is 2.52 bits per heavy atom. The van der Waals surface area contributed by atoms with E-state index >= 15 is 0 Å². The van der Waals surface area contributed by atoms with E-state index in [9.17, 15) is 9.59 Å². The minimum Gasteiger partial charge on any atom is -0.341 e. The molecular weight excluding hydrogens is 388 g/mol. The van der Waals surface area contributed by atoms with E-state index in [0.717, 1.165) is 37.6 Å². The van der Waals surface area contributed by atoms with Gasteiger partial charge in [0.05, 0.1) is 11.4 Å². The zero-order valence-electron chi connectivity index (χ0n) is 16.9. The molecule has 0 unspecified atom stereocenters. The van der Waals surface area contributed by atoms with Crippen LogP contribution in [0.4, 0.5) is 10.7 Å². The van der Waals surface area contributed by atoms with Crippen LogP contribution >= 0.6 is 11.8 Å². The second-order valence-electron chi connectivity index (χ2n) is 7.44. The lowest BCUT2D eigenvalue weighted by atomic mass is 10.1. The molecule has 2 heterocycles. The van der Waals surface area contributed by atoms with Gasteiger partial charge in [-0.05, 0) is 37.3 Å². The third-order valence-corrected chi connectivity index (χ3v) is 5.45. The highest BCUT2D eigenvalue weighted by Gasteiger charge is 2.22. The Kier molecular flexibility index (Phi) is 7.51. The van der Waals surface area contributed by atoms with Crippen molar-refractivity contribution in [2.45, 2.75) is 38.3 Å². The molecule has 29 heavy (non-hydrogen) atoms. The number of imide groups is 1. The van der Waals surface area contributed by atoms with E-state index in [1.807, 2.05) is 48.7 Å². The van der Waals surface area contributed by atoms with Crippen molar-refractivity contribution in [1.82, 2.24) is 25.4 Å². The zero-order chi connectivity index (χ0) is 20.6. The maximum atomic E-state index is 12.2. The molecule has 1 aromatic heterocycles. The van der Waals surface area contributed by atoms with Crippen molar-refractivity contribution in [3.8, 4) is 5.69 Å². The van der Waals surface area contributed by atoms with Gasteiger partial charge in [-0.1, -0.05) is 43.8 Å². The van der Waals surface area contributed by atoms with Crippen LogP contribution in [0.25, 0.3) is 5.69 Å². The molecule has 0 aliphatic carbocycles. The van der Waals surface area contributed by atoms with Gasteiger partial charge in [-0.25, -0.2) is 4.79 Å². The number of hydrogen-bond acceptors (Lipinski definition) is 6. The number of benzene rings is 1. The Labute approximate surface area is 175 Å². The summed E-state index contributed by atoms with van der Waals surface area (Å²) in [5.41, 5.74) is 0.954. The number of nitrogens with one attached hydrogen (secondary N) is 2. The number of amides is 3. The summed E-state index contributed by atoms with van der Waals surface area (Å²) >= 11 is 1.27. The first-order valence-electron chi connectivity index (χ1n) is 10.0. The number of urea groups is 1. The number of piperidine rings is 1. The average molecular weight is 417 g/mol. The van der Waals surface area contributed by atoms with E-state index in [-0.39, 0.29) is 11.7 Å². The minimum absolute atomic E-state index is 0.0834. The zero-order valence-corrected chi connectivity index (χ0v) is 17.7. The van der Waals surface area contributed by atoms with E-state index in [0.29, 0.717) is 17.6 Å². The summed E-state index contributed by atoms with van der Waals surface area (Å²) in [5, 5.41) is 14.4. The quantitative estimate of drug-likeness (QED) is 0.675. The average Bonchev–Trinajstić information content (AvgIpc) is 3.16. The van der Waals surface area contributed by atoms with Gasteiger partial charge in [0, 0.05) is 19.6 Å². The highest BCUT2D eigenvalue weighted by atomic mass is 32.2.